The molecule has 1 fully saturated rings. The number of benzene rings is 1. The van der Waals surface area contributed by atoms with Crippen LogP contribution < -0.4 is 10.1 Å². The number of aromatic nitrogens is 2. The molecule has 6 rings (SSSR count). The van der Waals surface area contributed by atoms with Crippen LogP contribution in [0.2, 0.25) is 0 Å². The number of hydroxylamine groups is 2. The Balaban J connectivity index is 1.000. The van der Waals surface area contributed by atoms with Crippen molar-refractivity contribution in [3.8, 4) is 17.1 Å². The van der Waals surface area contributed by atoms with Gasteiger partial charge < -0.3 is 46.5 Å². The number of fused-ring (bicyclic) bond motifs is 2. The van der Waals surface area contributed by atoms with Crippen LogP contribution in [0.3, 0.4) is 0 Å². The van der Waals surface area contributed by atoms with Crippen molar-refractivity contribution in [3.05, 3.63) is 82.7 Å². The number of quaternary nitrogens is 1. The molecule has 3 aliphatic rings. The molecule has 356 valence electrons. The maximum Gasteiger partial charge on any atom is 0.732 e. The van der Waals surface area contributed by atoms with Gasteiger partial charge in [0.1, 0.15) is 17.6 Å². The minimum absolute atomic E-state index is 0.00866. The Kier molecular flexibility index (Phi) is 15.7. The van der Waals surface area contributed by atoms with Crippen molar-refractivity contribution < 1.29 is 64.1 Å². The number of rotatable bonds is 23. The number of hydrogen-bond acceptors (Lipinski definition) is 10. The zero-order valence-corrected chi connectivity index (χ0v) is 39.0. The zero-order valence-electron chi connectivity index (χ0n) is 38.1. The molecule has 0 aliphatic carbocycles. The first-order valence-corrected chi connectivity index (χ1v) is 23.9. The van der Waals surface area contributed by atoms with Crippen molar-refractivity contribution in [2.45, 2.75) is 90.5 Å². The van der Waals surface area contributed by atoms with E-state index in [-0.39, 0.29) is 58.1 Å². The van der Waals surface area contributed by atoms with Gasteiger partial charge in [-0.15, -0.1) is 5.06 Å². The van der Waals surface area contributed by atoms with Crippen LogP contribution in [0.1, 0.15) is 87.2 Å². The molecule has 2 unspecified atom stereocenters. The lowest BCUT2D eigenvalue weighted by molar-refractivity contribution is -0.870. The monoisotopic (exact) mass is 936 g/mol. The van der Waals surface area contributed by atoms with Crippen LogP contribution in [0.5, 0.6) is 5.75 Å². The number of imide groups is 1. The number of H-pyrrole nitrogens is 1. The number of nitrogens with zero attached hydrogens (tertiary/aromatic N) is 4. The van der Waals surface area contributed by atoms with E-state index in [0.29, 0.717) is 46.4 Å². The zero-order chi connectivity index (χ0) is 48.0. The van der Waals surface area contributed by atoms with Crippen molar-refractivity contribution in [1.82, 2.24) is 19.8 Å². The summed E-state index contributed by atoms with van der Waals surface area (Å²) in [7, 11) is 1.54. The van der Waals surface area contributed by atoms with Crippen LogP contribution in [0.4, 0.5) is 8.63 Å². The van der Waals surface area contributed by atoms with E-state index in [4.69, 9.17) is 9.57 Å². The van der Waals surface area contributed by atoms with E-state index in [1.807, 2.05) is 38.1 Å². The number of aromatic amines is 1. The second kappa shape index (κ2) is 20.8. The molecule has 3 amide bonds. The number of Topliss-reactive ketones (excluding diaryl/α,β-unsaturated/α-hetero) is 1. The molecule has 0 bridgehead atoms. The highest BCUT2D eigenvalue weighted by Gasteiger charge is 2.56. The van der Waals surface area contributed by atoms with Crippen molar-refractivity contribution in [3.63, 3.8) is 0 Å². The molecule has 2 N–H and O–H groups in total. The summed E-state index contributed by atoms with van der Waals surface area (Å²) in [6, 6.07) is 12.2. The van der Waals surface area contributed by atoms with Crippen molar-refractivity contribution in [1.29, 1.82) is 0 Å². The molecular formula is C46H59BF2N6O10S. The predicted molar refractivity (Wildman–Crippen MR) is 242 cm³/mol. The lowest BCUT2D eigenvalue weighted by Gasteiger charge is -2.36. The van der Waals surface area contributed by atoms with Crippen LogP contribution in [0.25, 0.3) is 17.5 Å². The van der Waals surface area contributed by atoms with Crippen molar-refractivity contribution in [2.75, 3.05) is 46.6 Å². The smallest absolute Gasteiger partial charge is 0.732 e. The van der Waals surface area contributed by atoms with Gasteiger partial charge in [-0.1, -0.05) is 12.1 Å². The van der Waals surface area contributed by atoms with E-state index in [9.17, 15) is 36.9 Å². The Labute approximate surface area is 384 Å². The topological polar surface area (TPSA) is 200 Å². The van der Waals surface area contributed by atoms with Gasteiger partial charge in [0.2, 0.25) is 5.91 Å². The average Bonchev–Trinajstić information content (AvgIpc) is 4.00. The summed E-state index contributed by atoms with van der Waals surface area (Å²) in [5, 5.41) is 2.93. The van der Waals surface area contributed by atoms with E-state index in [1.54, 1.807) is 36.4 Å². The molecular weight excluding hydrogens is 877 g/mol. The molecule has 66 heavy (non-hydrogen) atoms. The highest BCUT2D eigenvalue weighted by Crippen LogP contribution is 2.39. The fraction of sp³-hybridized carbons (Fsp3) is 0.478. The second-order valence-corrected chi connectivity index (χ2v) is 19.8. The van der Waals surface area contributed by atoms with Crippen LogP contribution in [-0.2, 0) is 51.8 Å². The van der Waals surface area contributed by atoms with E-state index in [2.05, 4.69) is 31.4 Å². The summed E-state index contributed by atoms with van der Waals surface area (Å²) in [6.45, 7) is 0.646. The molecule has 1 aromatic carbocycles. The number of amides is 3. The molecule has 20 heteroatoms. The summed E-state index contributed by atoms with van der Waals surface area (Å²) in [6.07, 6.45) is 7.34. The van der Waals surface area contributed by atoms with Gasteiger partial charge in [0, 0.05) is 75.0 Å². The Hall–Kier alpha value is -5.73. The maximum atomic E-state index is 17.1. The van der Waals surface area contributed by atoms with E-state index >= 15 is 8.63 Å². The van der Waals surface area contributed by atoms with Crippen molar-refractivity contribution in [2.24, 2.45) is 5.92 Å². The molecule has 16 nitrogen and oxygen atoms in total. The number of carbonyl (C=O) groups excluding carboxylic acids is 5. The number of ether oxygens (including phenoxy) is 1. The first-order chi connectivity index (χ1) is 31.1. The molecule has 2 atom stereocenters. The number of allylic oxidation sites excluding steroid dienone is 2. The van der Waals surface area contributed by atoms with Crippen molar-refractivity contribution >= 4 is 58.3 Å². The summed E-state index contributed by atoms with van der Waals surface area (Å²) in [5.41, 5.74) is 5.74. The highest BCUT2D eigenvalue weighted by atomic mass is 32.2. The summed E-state index contributed by atoms with van der Waals surface area (Å²) in [5.74, 6) is -5.22. The molecule has 2 aromatic heterocycles. The van der Waals surface area contributed by atoms with Gasteiger partial charge in [-0.05, 0) is 98.3 Å². The third kappa shape index (κ3) is 12.8. The van der Waals surface area contributed by atoms with Gasteiger partial charge in [-0.25, -0.2) is 13.2 Å². The highest BCUT2D eigenvalue weighted by molar-refractivity contribution is 7.85. The lowest BCUT2D eigenvalue weighted by Crippen LogP contribution is -2.57. The van der Waals surface area contributed by atoms with Gasteiger partial charge in [-0.3, -0.25) is 19.2 Å². The van der Waals surface area contributed by atoms with E-state index in [1.165, 1.54) is 8.96 Å². The van der Waals surface area contributed by atoms with Gasteiger partial charge >= 0.3 is 12.9 Å². The molecule has 1 saturated heterocycles. The molecule has 0 spiro atoms. The molecule has 5 heterocycles. The Morgan fingerprint density at radius 2 is 1.71 bits per heavy atom. The second-order valence-electron chi connectivity index (χ2n) is 18.4. The van der Waals surface area contributed by atoms with Gasteiger partial charge in [-0.2, -0.15) is 0 Å². The van der Waals surface area contributed by atoms with Gasteiger partial charge in [0.15, 0.2) is 5.71 Å². The number of hydrogen-bond donors (Lipinski definition) is 2. The largest absolute Gasteiger partial charge is 0.748 e. The van der Waals surface area contributed by atoms with Gasteiger partial charge in [0.05, 0.1) is 61.8 Å². The number of unbranched alkanes of at least 4 members (excludes halogenated alkanes) is 1. The Morgan fingerprint density at radius 3 is 2.36 bits per heavy atom. The van der Waals surface area contributed by atoms with E-state index in [0.717, 1.165) is 39.8 Å². The number of nitrogens with one attached hydrogen (secondary N) is 2. The first kappa shape index (κ1) is 49.7. The number of halogens is 2. The normalized spacial score (nSPS) is 17.5. The van der Waals surface area contributed by atoms with Crippen LogP contribution in [-0.4, -0.2) is 131 Å². The average molecular weight is 937 g/mol. The predicted octanol–water partition coefficient (Wildman–Crippen LogP) is 4.88. The Bertz CT molecular complexity index is 2530. The third-order valence-electron chi connectivity index (χ3n) is 11.9. The maximum absolute atomic E-state index is 17.1. The molecule has 3 aromatic rings. The molecule has 3 aliphatic heterocycles. The summed E-state index contributed by atoms with van der Waals surface area (Å²) in [4.78, 5) is 68.8. The molecule has 0 saturated carbocycles. The standard InChI is InChI=1S/C46H59BF2N6O10S/c1-31-26-36(52-40(31)29-41-34(10-8-24-55(3,4)5)28-42(53(41)47(52,48)49)39-20-13-32(2)51-39)17-14-33-15-18-38(19-16-33)64-25-9-11-37(56)27-35(30-66(61,62)63)46(60)50-23-7-6-12-45(59)65-54-43(57)21-22-44(54)58/h13-20,26,28,35,40,51H,6-12,21-25,27,29-30H2,1-5H3,(H-,50,60,61,62,63)/b17-14+. The fourth-order valence-electron chi connectivity index (χ4n) is 8.65. The van der Waals surface area contributed by atoms with Crippen LogP contribution >= 0.6 is 0 Å². The van der Waals surface area contributed by atoms with E-state index < -0.39 is 70.7 Å². The SMILES string of the molecule is CC1=CC(/C=C/c2ccc(OCCCC(=O)CC(CS(=O)(=O)[O-])C(=O)NCCCCC(=O)ON3C(=O)CCC3=O)cc2)=[N+]2C1Cc1c(CCC[N+](C)(C)C)cc(-c3ccc(C)[nH]3)n1[B-]2(F)F. The lowest BCUT2D eigenvalue weighted by atomic mass is 9.84. The van der Waals surface area contributed by atoms with Crippen LogP contribution in [0.15, 0.2) is 60.2 Å². The van der Waals surface area contributed by atoms with Crippen LogP contribution in [0, 0.1) is 12.8 Å². The minimum atomic E-state index is -4.85. The van der Waals surface area contributed by atoms with Gasteiger partial charge in [0.25, 0.3) is 11.8 Å². The quantitative estimate of drug-likeness (QED) is 0.0435. The summed E-state index contributed by atoms with van der Waals surface area (Å²) >= 11 is 0. The minimum Gasteiger partial charge on any atom is -0.748 e. The molecule has 0 radical (unpaired) electrons. The number of carbonyl (C=O) groups is 5. The fourth-order valence-corrected chi connectivity index (χ4v) is 9.41. The number of ketones is 1. The Morgan fingerprint density at radius 1 is 1.00 bits per heavy atom. The number of aryl methyl sites for hydroxylation is 2. The third-order valence-corrected chi connectivity index (χ3v) is 12.7. The summed E-state index contributed by atoms with van der Waals surface area (Å²) < 4.78 is 77.9. The first-order valence-electron chi connectivity index (χ1n) is 22.4.